The van der Waals surface area contributed by atoms with E-state index in [2.05, 4.69) is 20.4 Å². The maximum absolute atomic E-state index is 8.48. The molecular weight excluding hydrogens is 977 g/mol. The van der Waals surface area contributed by atoms with Crippen LogP contribution < -0.4 is 58.7 Å². The summed E-state index contributed by atoms with van der Waals surface area (Å²) in [6.07, 6.45) is 0. The topological polar surface area (TPSA) is 328 Å². The quantitative estimate of drug-likeness (QED) is 0.204. The first-order valence-electron chi connectivity index (χ1n) is 2.80. The maximum Gasteiger partial charge on any atom is 4.00 e. The zero-order chi connectivity index (χ0) is 20.3. The van der Waals surface area contributed by atoms with Crippen molar-refractivity contribution in [2.75, 3.05) is 0 Å². The van der Waals surface area contributed by atoms with Crippen LogP contribution in [0.15, 0.2) is 0 Å². The molecule has 0 aliphatic heterocycles. The SMILES string of the molecule is [C]=O.[C]=O.[C]=O.[Ir+4].[Ir+4].[Ir+4].[O-]P([O-])[O-].[O-]P([O-])[O-].[O-]P([O-])[O-].[O-]P([O-])[O-]. The first-order valence-corrected chi connectivity index (χ1v) is 7.19. The molecule has 15 nitrogen and oxygen atoms in total. The molecule has 25 heavy (non-hydrogen) atoms. The second-order valence-corrected chi connectivity index (χ2v) is 2.68. The van der Waals surface area contributed by atoms with Crippen molar-refractivity contribution in [2.24, 2.45) is 0 Å². The third-order valence-electron chi connectivity index (χ3n) is 0. The van der Waals surface area contributed by atoms with Crippen LogP contribution in [0.2, 0.25) is 0 Å². The molecule has 22 heteroatoms. The van der Waals surface area contributed by atoms with E-state index in [1.165, 1.54) is 0 Å². The van der Waals surface area contributed by atoms with Crippen LogP contribution in [0, 0.1) is 0 Å². The Bertz CT molecular complexity index is 109. The van der Waals surface area contributed by atoms with Gasteiger partial charge in [0.05, 0.1) is 0 Å². The van der Waals surface area contributed by atoms with Crippen molar-refractivity contribution in [1.29, 1.82) is 0 Å². The summed E-state index contributed by atoms with van der Waals surface area (Å²) in [5, 5.41) is 0. The van der Waals surface area contributed by atoms with Gasteiger partial charge in [0.1, 0.15) is 0 Å². The second-order valence-electron chi connectivity index (χ2n) is 0.894. The van der Waals surface area contributed by atoms with E-state index >= 15 is 0 Å². The third-order valence-corrected chi connectivity index (χ3v) is 0. The molecule has 149 valence electrons. The molecule has 0 saturated carbocycles. The smallest absolute Gasteiger partial charge is 0.854 e. The van der Waals surface area contributed by atoms with E-state index < -0.39 is 34.4 Å². The Morgan fingerprint density at radius 1 is 0.320 bits per heavy atom. The molecule has 9 radical (unpaired) electrons. The average molecular weight is 977 g/mol. The van der Waals surface area contributed by atoms with E-state index in [9.17, 15) is 0 Å². The van der Waals surface area contributed by atoms with Crippen LogP contribution in [-0.4, -0.2) is 20.4 Å². The molecule has 0 fully saturated rings. The van der Waals surface area contributed by atoms with Crippen LogP contribution in [0.25, 0.3) is 0 Å². The molecule has 0 rings (SSSR count). The van der Waals surface area contributed by atoms with Gasteiger partial charge in [0.2, 0.25) is 0 Å². The van der Waals surface area contributed by atoms with Crippen LogP contribution in [-0.2, 0) is 74.7 Å². The monoisotopic (exact) mass is 979 g/mol. The van der Waals surface area contributed by atoms with Crippen molar-refractivity contribution >= 4 is 54.8 Å². The Morgan fingerprint density at radius 2 is 0.320 bits per heavy atom. The van der Waals surface area contributed by atoms with Crippen molar-refractivity contribution in [3.8, 4) is 0 Å². The number of hydrogen-bond acceptors (Lipinski definition) is 15. The molecule has 0 aromatic rings. The Morgan fingerprint density at radius 3 is 0.320 bits per heavy atom. The predicted molar refractivity (Wildman–Crippen MR) is 44.8 cm³/mol. The van der Waals surface area contributed by atoms with Crippen molar-refractivity contribution in [2.45, 2.75) is 0 Å². The normalized spacial score (nSPS) is 6.24. The molecule has 0 heterocycles. The Balaban J connectivity index is -0.0000000132. The van der Waals surface area contributed by atoms with Gasteiger partial charge in [-0.3, -0.25) is 14.4 Å². The summed E-state index contributed by atoms with van der Waals surface area (Å²) in [6.45, 7) is 13.5. The molecule has 0 N–H and O–H groups in total. The average Bonchev–Trinajstić information content (AvgIpc) is 2.33. The zero-order valence-electron chi connectivity index (χ0n) is 10.4. The molecule has 0 aromatic heterocycles. The van der Waals surface area contributed by atoms with Crippen LogP contribution in [0.1, 0.15) is 0 Å². The van der Waals surface area contributed by atoms with Crippen molar-refractivity contribution < 1.29 is 133 Å². The number of carbonyl (C=O) groups excluding carboxylic acids is 3. The minimum atomic E-state index is -3.37. The number of hydrogen-bond donors (Lipinski definition) is 0. The van der Waals surface area contributed by atoms with Crippen LogP contribution in [0.5, 0.6) is 0 Å². The number of rotatable bonds is 0. The summed E-state index contributed by atoms with van der Waals surface area (Å²) in [5.74, 6) is 0. The molecule has 0 amide bonds. The van der Waals surface area contributed by atoms with Gasteiger partial charge in [0.25, 0.3) is 20.4 Å². The molecule has 0 atom stereocenters. The molecule has 0 saturated heterocycles. The Labute approximate surface area is 187 Å². The minimum Gasteiger partial charge on any atom is -0.854 e. The molecular formula is C3Ir3O15P4. The fourth-order valence-electron chi connectivity index (χ4n) is 0. The van der Waals surface area contributed by atoms with Gasteiger partial charge < -0.3 is 93.1 Å². The fourth-order valence-corrected chi connectivity index (χ4v) is 0. The van der Waals surface area contributed by atoms with Crippen molar-refractivity contribution in [1.82, 2.24) is 0 Å². The molecule has 0 unspecified atom stereocenters. The van der Waals surface area contributed by atoms with Gasteiger partial charge in [-0.05, 0) is 0 Å². The van der Waals surface area contributed by atoms with E-state index in [4.69, 9.17) is 73.1 Å². The van der Waals surface area contributed by atoms with Crippen LogP contribution in [0.4, 0.5) is 0 Å². The Kier molecular flexibility index (Phi) is 208. The van der Waals surface area contributed by atoms with Crippen LogP contribution >= 0.6 is 34.4 Å². The molecule has 0 aliphatic rings. The van der Waals surface area contributed by atoms with Gasteiger partial charge in [-0.2, -0.15) is 0 Å². The van der Waals surface area contributed by atoms with E-state index in [0.29, 0.717) is 0 Å². The minimum absolute atomic E-state index is 0. The van der Waals surface area contributed by atoms with Gasteiger partial charge in [-0.1, -0.05) is 0 Å². The third kappa shape index (κ3) is 3180. The zero-order valence-corrected chi connectivity index (χ0v) is 21.2. The second kappa shape index (κ2) is 82.5. The summed E-state index contributed by atoms with van der Waals surface area (Å²) in [5.41, 5.74) is 0. The first-order chi connectivity index (χ1) is 9.93. The predicted octanol–water partition coefficient (Wildman–Crippen LogP) is -12.0. The fraction of sp³-hybridized carbons (Fsp3) is 0. The summed E-state index contributed by atoms with van der Waals surface area (Å²) >= 11 is 0. The van der Waals surface area contributed by atoms with E-state index in [0.717, 1.165) is 0 Å². The summed E-state index contributed by atoms with van der Waals surface area (Å²) in [7, 11) is -13.5. The summed E-state index contributed by atoms with van der Waals surface area (Å²) in [4.78, 5) is 124. The summed E-state index contributed by atoms with van der Waals surface area (Å²) in [6, 6.07) is 0. The molecule has 0 aliphatic carbocycles. The molecule has 0 aromatic carbocycles. The van der Waals surface area contributed by atoms with E-state index in [1.54, 1.807) is 0 Å². The standard InChI is InChI=1S/3CO.3Ir.4O3P/c3*1-2;;;;4*1-4(2)3/q;;;3*+4;4*-3. The van der Waals surface area contributed by atoms with Gasteiger partial charge in [0, 0.05) is 0 Å². The van der Waals surface area contributed by atoms with E-state index in [1.807, 2.05) is 0 Å². The van der Waals surface area contributed by atoms with Crippen LogP contribution in [0.3, 0.4) is 0 Å². The van der Waals surface area contributed by atoms with Gasteiger partial charge in [-0.15, -0.1) is 0 Å². The summed E-state index contributed by atoms with van der Waals surface area (Å²) < 4.78 is 0. The van der Waals surface area contributed by atoms with Gasteiger partial charge in [-0.25, -0.2) is 0 Å². The largest absolute Gasteiger partial charge is 4.00 e. The van der Waals surface area contributed by atoms with Crippen molar-refractivity contribution in [3.05, 3.63) is 0 Å². The molecule has 0 bridgehead atoms. The first kappa shape index (κ1) is 63.1. The van der Waals surface area contributed by atoms with Gasteiger partial charge >= 0.3 is 60.3 Å². The maximum atomic E-state index is 8.48. The van der Waals surface area contributed by atoms with Gasteiger partial charge in [0.15, 0.2) is 0 Å². The Hall–Kier alpha value is 2.20. The molecule has 0 spiro atoms. The van der Waals surface area contributed by atoms with Crippen molar-refractivity contribution in [3.63, 3.8) is 0 Å². The van der Waals surface area contributed by atoms with E-state index in [-0.39, 0.29) is 60.3 Å².